The Morgan fingerprint density at radius 3 is 2.59 bits per heavy atom. The van der Waals surface area contributed by atoms with Crippen molar-refractivity contribution in [2.45, 2.75) is 27.2 Å². The molecular weight excluding hydrogens is 302 g/mol. The van der Waals surface area contributed by atoms with Crippen molar-refractivity contribution < 1.29 is 9.59 Å². The Labute approximate surface area is 137 Å². The summed E-state index contributed by atoms with van der Waals surface area (Å²) < 4.78 is 0. The lowest BCUT2D eigenvalue weighted by Crippen LogP contribution is -2.25. The van der Waals surface area contributed by atoms with Crippen molar-refractivity contribution in [3.63, 3.8) is 0 Å². The minimum Gasteiger partial charge on any atom is -0.326 e. The lowest BCUT2D eigenvalue weighted by atomic mass is 10.1. The van der Waals surface area contributed by atoms with Gasteiger partial charge in [-0.1, -0.05) is 19.9 Å². The number of rotatable bonds is 4. The first-order valence-electron chi connectivity index (χ1n) is 7.40. The number of halogens is 1. The lowest BCUT2D eigenvalue weighted by molar-refractivity contribution is -0.119. The first-order chi connectivity index (χ1) is 9.97. The molecule has 122 valence electrons. The highest BCUT2D eigenvalue weighted by molar-refractivity contribution is 5.96. The molecule has 1 fully saturated rings. The van der Waals surface area contributed by atoms with Crippen LogP contribution in [-0.4, -0.2) is 24.9 Å². The molecule has 6 heteroatoms. The summed E-state index contributed by atoms with van der Waals surface area (Å²) >= 11 is 0. The average Bonchev–Trinajstić information content (AvgIpc) is 2.96. The highest BCUT2D eigenvalue weighted by Crippen LogP contribution is 2.22. The quantitative estimate of drug-likeness (QED) is 0.796. The van der Waals surface area contributed by atoms with Gasteiger partial charge in [0, 0.05) is 23.8 Å². The summed E-state index contributed by atoms with van der Waals surface area (Å²) in [5.41, 5.74) is 2.45. The molecule has 5 nitrogen and oxygen atoms in total. The summed E-state index contributed by atoms with van der Waals surface area (Å²) in [5, 5.41) is 9.00. The molecule has 0 bridgehead atoms. The number of hydrogen-bond acceptors (Lipinski definition) is 3. The summed E-state index contributed by atoms with van der Waals surface area (Å²) in [7, 11) is 0. The van der Waals surface area contributed by atoms with Crippen LogP contribution in [0.3, 0.4) is 0 Å². The molecule has 22 heavy (non-hydrogen) atoms. The predicted octanol–water partition coefficient (Wildman–Crippen LogP) is 2.56. The van der Waals surface area contributed by atoms with Gasteiger partial charge in [-0.2, -0.15) is 0 Å². The average molecular weight is 326 g/mol. The van der Waals surface area contributed by atoms with E-state index in [1.54, 1.807) is 0 Å². The number of carbonyl (C=O) groups is 2. The number of carbonyl (C=O) groups excluding carboxylic acids is 2. The van der Waals surface area contributed by atoms with Gasteiger partial charge in [-0.25, -0.2) is 0 Å². The topological polar surface area (TPSA) is 70.2 Å². The number of benzene rings is 1. The maximum absolute atomic E-state index is 12.2. The Hall–Kier alpha value is -1.59. The lowest BCUT2D eigenvalue weighted by Gasteiger charge is -2.14. The van der Waals surface area contributed by atoms with Crippen LogP contribution in [0.15, 0.2) is 18.2 Å². The second-order valence-corrected chi connectivity index (χ2v) is 5.85. The summed E-state index contributed by atoms with van der Waals surface area (Å²) in [4.78, 5) is 23.9. The van der Waals surface area contributed by atoms with Crippen LogP contribution in [0.5, 0.6) is 0 Å². The van der Waals surface area contributed by atoms with Gasteiger partial charge in [0.25, 0.3) is 0 Å². The molecule has 0 spiro atoms. The Morgan fingerprint density at radius 2 is 2.00 bits per heavy atom. The molecule has 1 aromatic rings. The highest BCUT2D eigenvalue weighted by Gasteiger charge is 2.22. The molecule has 0 aromatic heterocycles. The van der Waals surface area contributed by atoms with Crippen molar-refractivity contribution in [3.05, 3.63) is 23.8 Å². The molecule has 0 saturated carbocycles. The van der Waals surface area contributed by atoms with Gasteiger partial charge in [0.05, 0.1) is 5.92 Å². The third-order valence-electron chi connectivity index (χ3n) is 3.72. The van der Waals surface area contributed by atoms with Crippen molar-refractivity contribution in [2.24, 2.45) is 11.8 Å². The van der Waals surface area contributed by atoms with Crippen molar-refractivity contribution >= 4 is 35.6 Å². The summed E-state index contributed by atoms with van der Waals surface area (Å²) in [6, 6.07) is 5.57. The number of anilines is 2. The van der Waals surface area contributed by atoms with Gasteiger partial charge in [0.2, 0.25) is 11.8 Å². The summed E-state index contributed by atoms with van der Waals surface area (Å²) in [6.07, 6.45) is 0.870. The van der Waals surface area contributed by atoms with Crippen LogP contribution in [0.4, 0.5) is 11.4 Å². The van der Waals surface area contributed by atoms with Crippen LogP contribution in [-0.2, 0) is 9.59 Å². The molecule has 1 aliphatic heterocycles. The molecule has 1 saturated heterocycles. The fourth-order valence-corrected chi connectivity index (χ4v) is 2.23. The Bertz CT molecular complexity index is 540. The third kappa shape index (κ3) is 4.71. The monoisotopic (exact) mass is 325 g/mol. The smallest absolute Gasteiger partial charge is 0.228 e. The molecule has 1 aromatic carbocycles. The van der Waals surface area contributed by atoms with Gasteiger partial charge in [-0.15, -0.1) is 12.4 Å². The fourth-order valence-electron chi connectivity index (χ4n) is 2.23. The number of nitrogens with one attached hydrogen (secondary N) is 3. The van der Waals surface area contributed by atoms with Crippen LogP contribution in [0, 0.1) is 18.8 Å². The fraction of sp³-hybridized carbons (Fsp3) is 0.500. The number of aryl methyl sites for hydroxylation is 1. The Morgan fingerprint density at radius 1 is 1.27 bits per heavy atom. The van der Waals surface area contributed by atoms with E-state index in [1.165, 1.54) is 0 Å². The molecule has 1 unspecified atom stereocenters. The van der Waals surface area contributed by atoms with E-state index in [1.807, 2.05) is 39.0 Å². The second kappa shape index (κ2) is 8.15. The van der Waals surface area contributed by atoms with E-state index < -0.39 is 0 Å². The predicted molar refractivity (Wildman–Crippen MR) is 91.5 cm³/mol. The van der Waals surface area contributed by atoms with Gasteiger partial charge < -0.3 is 16.0 Å². The Kier molecular flexibility index (Phi) is 6.84. The van der Waals surface area contributed by atoms with Crippen LogP contribution < -0.4 is 16.0 Å². The molecule has 2 rings (SSSR count). The first kappa shape index (κ1) is 18.5. The minimum absolute atomic E-state index is 0. The van der Waals surface area contributed by atoms with E-state index in [4.69, 9.17) is 0 Å². The van der Waals surface area contributed by atoms with E-state index in [-0.39, 0.29) is 36.1 Å². The second-order valence-electron chi connectivity index (χ2n) is 5.85. The summed E-state index contributed by atoms with van der Waals surface area (Å²) in [6.45, 7) is 7.26. The number of amides is 2. The van der Waals surface area contributed by atoms with Gasteiger partial charge in [0.15, 0.2) is 0 Å². The SMILES string of the molecule is Cc1ccc(NC(=O)C(C)C)cc1NC(=O)C1CCNC1.Cl. The molecule has 2 amide bonds. The molecule has 0 radical (unpaired) electrons. The maximum Gasteiger partial charge on any atom is 0.228 e. The third-order valence-corrected chi connectivity index (χ3v) is 3.72. The zero-order valence-electron chi connectivity index (χ0n) is 13.2. The standard InChI is InChI=1S/C16H23N3O2.ClH/c1-10(2)15(20)18-13-5-4-11(3)14(8-13)19-16(21)12-6-7-17-9-12;/h4-5,8,10,12,17H,6-7,9H2,1-3H3,(H,18,20)(H,19,21);1H. The largest absolute Gasteiger partial charge is 0.326 e. The van der Waals surface area contributed by atoms with Crippen LogP contribution >= 0.6 is 12.4 Å². The summed E-state index contributed by atoms with van der Waals surface area (Å²) in [5.74, 6) is -0.0428. The van der Waals surface area contributed by atoms with E-state index in [0.29, 0.717) is 5.69 Å². The van der Waals surface area contributed by atoms with Crippen molar-refractivity contribution in [3.8, 4) is 0 Å². The molecule has 3 N–H and O–H groups in total. The van der Waals surface area contributed by atoms with E-state index in [2.05, 4.69) is 16.0 Å². The zero-order chi connectivity index (χ0) is 15.4. The highest BCUT2D eigenvalue weighted by atomic mass is 35.5. The Balaban J connectivity index is 0.00000242. The normalized spacial score (nSPS) is 17.0. The van der Waals surface area contributed by atoms with Crippen LogP contribution in [0.1, 0.15) is 25.8 Å². The van der Waals surface area contributed by atoms with E-state index in [0.717, 1.165) is 30.8 Å². The molecule has 1 heterocycles. The van der Waals surface area contributed by atoms with Gasteiger partial charge >= 0.3 is 0 Å². The van der Waals surface area contributed by atoms with Gasteiger partial charge in [-0.05, 0) is 37.6 Å². The van der Waals surface area contributed by atoms with Gasteiger partial charge in [-0.3, -0.25) is 9.59 Å². The molecular formula is C16H24ClN3O2. The van der Waals surface area contributed by atoms with E-state index in [9.17, 15) is 9.59 Å². The van der Waals surface area contributed by atoms with Gasteiger partial charge in [0.1, 0.15) is 0 Å². The van der Waals surface area contributed by atoms with Crippen molar-refractivity contribution in [1.82, 2.24) is 5.32 Å². The number of hydrogen-bond donors (Lipinski definition) is 3. The molecule has 0 aliphatic carbocycles. The first-order valence-corrected chi connectivity index (χ1v) is 7.40. The van der Waals surface area contributed by atoms with Crippen LogP contribution in [0.25, 0.3) is 0 Å². The molecule has 1 aliphatic rings. The molecule has 1 atom stereocenters. The van der Waals surface area contributed by atoms with Crippen molar-refractivity contribution in [2.75, 3.05) is 23.7 Å². The van der Waals surface area contributed by atoms with Crippen molar-refractivity contribution in [1.29, 1.82) is 0 Å². The minimum atomic E-state index is -0.0751. The van der Waals surface area contributed by atoms with Crippen LogP contribution in [0.2, 0.25) is 0 Å². The van der Waals surface area contributed by atoms with E-state index >= 15 is 0 Å². The maximum atomic E-state index is 12.2. The zero-order valence-corrected chi connectivity index (χ0v) is 14.0.